The van der Waals surface area contributed by atoms with Gasteiger partial charge in [0, 0.05) is 6.54 Å². The standard InChI is InChI=1S/C18H24INO3/c1-18(2,3)23-17(21)20-12-6-8-14(20)9-7-13-22-16-11-5-4-10-15(16)19/h4-5,7,9-11,14H,6,8,12-13H2,1-3H3/b9-7+/t14-/m0/s1. The van der Waals surface area contributed by atoms with E-state index in [9.17, 15) is 4.79 Å². The molecule has 0 spiro atoms. The van der Waals surface area contributed by atoms with Gasteiger partial charge in [-0.1, -0.05) is 18.2 Å². The van der Waals surface area contributed by atoms with E-state index in [2.05, 4.69) is 22.6 Å². The van der Waals surface area contributed by atoms with Crippen LogP contribution in [0, 0.1) is 3.57 Å². The molecule has 1 heterocycles. The van der Waals surface area contributed by atoms with E-state index in [-0.39, 0.29) is 12.1 Å². The monoisotopic (exact) mass is 429 g/mol. The van der Waals surface area contributed by atoms with Gasteiger partial charge in [-0.2, -0.15) is 0 Å². The molecule has 0 saturated carbocycles. The van der Waals surface area contributed by atoms with E-state index in [1.54, 1.807) is 4.90 Å². The maximum absolute atomic E-state index is 12.2. The topological polar surface area (TPSA) is 38.8 Å². The van der Waals surface area contributed by atoms with Crippen LogP contribution in [0.5, 0.6) is 5.75 Å². The number of ether oxygens (including phenoxy) is 2. The van der Waals surface area contributed by atoms with Gasteiger partial charge in [-0.25, -0.2) is 4.79 Å². The van der Waals surface area contributed by atoms with Gasteiger partial charge < -0.3 is 14.4 Å². The maximum atomic E-state index is 12.2. The Morgan fingerprint density at radius 2 is 2.13 bits per heavy atom. The van der Waals surface area contributed by atoms with Crippen molar-refractivity contribution >= 4 is 28.7 Å². The van der Waals surface area contributed by atoms with Gasteiger partial charge in [0.15, 0.2) is 0 Å². The van der Waals surface area contributed by atoms with Gasteiger partial charge in [0.1, 0.15) is 18.0 Å². The second kappa shape index (κ2) is 8.04. The molecular formula is C18H24INO3. The Bertz CT molecular complexity index is 566. The van der Waals surface area contributed by atoms with Crippen LogP contribution < -0.4 is 4.74 Å². The Kier molecular flexibility index (Phi) is 6.33. The minimum Gasteiger partial charge on any atom is -0.488 e. The summed E-state index contributed by atoms with van der Waals surface area (Å²) in [4.78, 5) is 14.0. The van der Waals surface area contributed by atoms with E-state index >= 15 is 0 Å². The predicted octanol–water partition coefficient (Wildman–Crippen LogP) is 4.63. The SMILES string of the molecule is CC(C)(C)OC(=O)N1CCC[C@H]1/C=C/COc1ccccc1I. The summed E-state index contributed by atoms with van der Waals surface area (Å²) >= 11 is 2.26. The molecule has 23 heavy (non-hydrogen) atoms. The summed E-state index contributed by atoms with van der Waals surface area (Å²) in [5.41, 5.74) is -0.457. The van der Waals surface area contributed by atoms with Crippen LogP contribution in [0.2, 0.25) is 0 Å². The number of halogens is 1. The largest absolute Gasteiger partial charge is 0.488 e. The zero-order chi connectivity index (χ0) is 16.9. The van der Waals surface area contributed by atoms with Crippen molar-refractivity contribution in [1.29, 1.82) is 0 Å². The molecule has 1 aliphatic heterocycles. The van der Waals surface area contributed by atoms with Gasteiger partial charge in [0.25, 0.3) is 0 Å². The lowest BCUT2D eigenvalue weighted by molar-refractivity contribution is 0.0255. The minimum atomic E-state index is -0.457. The Morgan fingerprint density at radius 3 is 2.83 bits per heavy atom. The zero-order valence-electron chi connectivity index (χ0n) is 13.9. The summed E-state index contributed by atoms with van der Waals surface area (Å²) in [5, 5.41) is 0. The van der Waals surface area contributed by atoms with Crippen molar-refractivity contribution in [3.05, 3.63) is 40.0 Å². The van der Waals surface area contributed by atoms with Crippen molar-refractivity contribution in [3.63, 3.8) is 0 Å². The molecule has 1 saturated heterocycles. The summed E-state index contributed by atoms with van der Waals surface area (Å²) < 4.78 is 12.3. The summed E-state index contributed by atoms with van der Waals surface area (Å²) in [6, 6.07) is 8.02. The molecule has 0 aromatic heterocycles. The van der Waals surface area contributed by atoms with Gasteiger partial charge in [0.05, 0.1) is 9.61 Å². The molecule has 1 atom stereocenters. The molecule has 1 aromatic carbocycles. The normalized spacial score (nSPS) is 18.4. The Morgan fingerprint density at radius 1 is 1.39 bits per heavy atom. The van der Waals surface area contributed by atoms with Gasteiger partial charge in [-0.3, -0.25) is 0 Å². The number of hydrogen-bond acceptors (Lipinski definition) is 3. The van der Waals surface area contributed by atoms with Crippen LogP contribution in [0.3, 0.4) is 0 Å². The first-order valence-electron chi connectivity index (χ1n) is 7.90. The quantitative estimate of drug-likeness (QED) is 0.518. The van der Waals surface area contributed by atoms with Crippen molar-refractivity contribution < 1.29 is 14.3 Å². The highest BCUT2D eigenvalue weighted by molar-refractivity contribution is 14.1. The lowest BCUT2D eigenvalue weighted by Crippen LogP contribution is -2.39. The van der Waals surface area contributed by atoms with Crippen molar-refractivity contribution in [1.82, 2.24) is 4.90 Å². The highest BCUT2D eigenvalue weighted by Crippen LogP contribution is 2.22. The highest BCUT2D eigenvalue weighted by Gasteiger charge is 2.30. The van der Waals surface area contributed by atoms with Gasteiger partial charge in [-0.15, -0.1) is 0 Å². The third kappa shape index (κ3) is 5.71. The molecule has 1 aliphatic rings. The van der Waals surface area contributed by atoms with Crippen LogP contribution in [0.15, 0.2) is 36.4 Å². The summed E-state index contributed by atoms with van der Waals surface area (Å²) in [6.45, 7) is 6.92. The number of benzene rings is 1. The summed E-state index contributed by atoms with van der Waals surface area (Å²) in [5.74, 6) is 0.883. The van der Waals surface area contributed by atoms with Crippen molar-refractivity contribution in [2.75, 3.05) is 13.2 Å². The average molecular weight is 429 g/mol. The number of carbonyl (C=O) groups is 1. The molecule has 0 bridgehead atoms. The summed E-state index contributed by atoms with van der Waals surface area (Å²) in [7, 11) is 0. The second-order valence-corrected chi connectivity index (χ2v) is 7.72. The van der Waals surface area contributed by atoms with Crippen LogP contribution in [0.4, 0.5) is 4.79 Å². The van der Waals surface area contributed by atoms with Crippen LogP contribution >= 0.6 is 22.6 Å². The van der Waals surface area contributed by atoms with E-state index < -0.39 is 5.60 Å². The van der Waals surface area contributed by atoms with Gasteiger partial charge >= 0.3 is 6.09 Å². The minimum absolute atomic E-state index is 0.100. The number of amides is 1. The highest BCUT2D eigenvalue weighted by atomic mass is 127. The fourth-order valence-electron chi connectivity index (χ4n) is 2.45. The van der Waals surface area contributed by atoms with Crippen molar-refractivity contribution in [2.45, 2.75) is 45.3 Å². The van der Waals surface area contributed by atoms with E-state index in [1.807, 2.05) is 57.2 Å². The van der Waals surface area contributed by atoms with E-state index in [4.69, 9.17) is 9.47 Å². The van der Waals surface area contributed by atoms with Crippen LogP contribution in [-0.2, 0) is 4.74 Å². The third-order valence-corrected chi connectivity index (χ3v) is 4.35. The average Bonchev–Trinajstić information content (AvgIpc) is 2.92. The first kappa shape index (κ1) is 18.1. The molecule has 0 radical (unpaired) electrons. The Hall–Kier alpha value is -1.24. The molecule has 1 aromatic rings. The molecular weight excluding hydrogens is 405 g/mol. The molecule has 5 heteroatoms. The zero-order valence-corrected chi connectivity index (χ0v) is 16.1. The molecule has 1 fully saturated rings. The number of rotatable bonds is 4. The number of likely N-dealkylation sites (tertiary alicyclic amines) is 1. The Balaban J connectivity index is 1.86. The molecule has 126 valence electrons. The fraction of sp³-hybridized carbons (Fsp3) is 0.500. The summed E-state index contributed by atoms with van der Waals surface area (Å²) in [6.07, 6.45) is 5.77. The number of hydrogen-bond donors (Lipinski definition) is 0. The first-order chi connectivity index (χ1) is 10.9. The first-order valence-corrected chi connectivity index (χ1v) is 8.98. The number of nitrogens with zero attached hydrogens (tertiary/aromatic N) is 1. The maximum Gasteiger partial charge on any atom is 0.410 e. The number of carbonyl (C=O) groups excluding carboxylic acids is 1. The van der Waals surface area contributed by atoms with Crippen LogP contribution in [0.25, 0.3) is 0 Å². The molecule has 2 rings (SSSR count). The van der Waals surface area contributed by atoms with Crippen molar-refractivity contribution in [3.8, 4) is 5.75 Å². The second-order valence-electron chi connectivity index (χ2n) is 6.55. The lowest BCUT2D eigenvalue weighted by atomic mass is 10.2. The van der Waals surface area contributed by atoms with Gasteiger partial charge in [-0.05, 0) is 74.4 Å². The van der Waals surface area contributed by atoms with Crippen LogP contribution in [0.1, 0.15) is 33.6 Å². The Labute approximate surface area is 152 Å². The molecule has 1 amide bonds. The van der Waals surface area contributed by atoms with E-state index in [0.717, 1.165) is 28.7 Å². The number of para-hydroxylation sites is 1. The molecule has 0 aliphatic carbocycles. The molecule has 4 nitrogen and oxygen atoms in total. The third-order valence-electron chi connectivity index (χ3n) is 3.46. The fourth-order valence-corrected chi connectivity index (χ4v) is 3.00. The van der Waals surface area contributed by atoms with E-state index in [1.165, 1.54) is 0 Å². The van der Waals surface area contributed by atoms with Crippen molar-refractivity contribution in [2.24, 2.45) is 0 Å². The smallest absolute Gasteiger partial charge is 0.410 e. The lowest BCUT2D eigenvalue weighted by Gasteiger charge is -2.27. The predicted molar refractivity (Wildman–Crippen MR) is 99.8 cm³/mol. The molecule has 0 N–H and O–H groups in total. The van der Waals surface area contributed by atoms with E-state index in [0.29, 0.717) is 6.61 Å². The molecule has 0 unspecified atom stereocenters. The van der Waals surface area contributed by atoms with Crippen LogP contribution in [-0.4, -0.2) is 35.8 Å². The van der Waals surface area contributed by atoms with Gasteiger partial charge in [0.2, 0.25) is 0 Å².